The summed E-state index contributed by atoms with van der Waals surface area (Å²) < 4.78 is 22.3. The van der Waals surface area contributed by atoms with E-state index in [1.54, 1.807) is 0 Å². The third-order valence-corrected chi connectivity index (χ3v) is 4.89. The molecule has 0 fully saturated rings. The zero-order valence-corrected chi connectivity index (χ0v) is 11.1. The highest BCUT2D eigenvalue weighted by Gasteiger charge is 2.09. The first-order chi connectivity index (χ1) is 5.62. The van der Waals surface area contributed by atoms with E-state index in [-0.39, 0.29) is 30.6 Å². The van der Waals surface area contributed by atoms with Crippen LogP contribution in [0.4, 0.5) is 0 Å². The Bertz CT molecular complexity index is 200. The summed E-state index contributed by atoms with van der Waals surface area (Å²) in [6.07, 6.45) is 1.28. The molecule has 0 radical (unpaired) electrons. The van der Waals surface area contributed by atoms with Gasteiger partial charge in [0.05, 0.1) is 5.75 Å². The minimum absolute atomic E-state index is 0. The average molecular weight is 285 g/mol. The molecule has 0 aliphatic carbocycles. The van der Waals surface area contributed by atoms with Crippen molar-refractivity contribution in [3.05, 3.63) is 0 Å². The first-order valence-electron chi connectivity index (χ1n) is 3.89. The molecule has 0 saturated carbocycles. The van der Waals surface area contributed by atoms with Gasteiger partial charge in [0, 0.05) is 5.75 Å². The second-order valence-electron chi connectivity index (χ2n) is 2.37. The monoisotopic (exact) mass is 284 g/mol. The lowest BCUT2D eigenvalue weighted by atomic mass is 10.5. The Kier molecular flexibility index (Phi) is 17.2. The summed E-state index contributed by atoms with van der Waals surface area (Å²) in [6, 6.07) is 0. The molecule has 0 aliphatic heterocycles. The van der Waals surface area contributed by atoms with E-state index in [2.05, 4.69) is 0 Å². The lowest BCUT2D eigenvalue weighted by molar-refractivity contribution is 0.608. The van der Waals surface area contributed by atoms with Crippen molar-refractivity contribution in [1.82, 2.24) is 0 Å². The van der Waals surface area contributed by atoms with E-state index in [0.717, 1.165) is 17.2 Å². The van der Waals surface area contributed by atoms with Crippen molar-refractivity contribution in [3.8, 4) is 0 Å². The van der Waals surface area contributed by atoms with E-state index in [1.165, 1.54) is 0 Å². The van der Waals surface area contributed by atoms with Crippen molar-refractivity contribution in [2.75, 3.05) is 24.6 Å². The molecule has 90 valence electrons. The van der Waals surface area contributed by atoms with Gasteiger partial charge in [0.1, 0.15) is 0 Å². The Morgan fingerprint density at radius 2 is 1.50 bits per heavy atom. The maximum Gasteiger partial charge on any atom is 0.201 e. The van der Waals surface area contributed by atoms with E-state index in [0.29, 0.717) is 25.3 Å². The molecule has 4 nitrogen and oxygen atoms in total. The second-order valence-corrected chi connectivity index (χ2v) is 6.77. The van der Waals surface area contributed by atoms with E-state index < -0.39 is 8.87 Å². The van der Waals surface area contributed by atoms with Gasteiger partial charge in [0.15, 0.2) is 0 Å². The van der Waals surface area contributed by atoms with Crippen LogP contribution < -0.4 is 11.5 Å². The summed E-state index contributed by atoms with van der Waals surface area (Å²) in [5, 5.41) is 0. The molecule has 0 aromatic rings. The summed E-state index contributed by atoms with van der Waals surface area (Å²) in [6.45, 7) is 0.968. The minimum atomic E-state index is -2.93. The van der Waals surface area contributed by atoms with Crippen LogP contribution >= 0.6 is 35.6 Å². The summed E-state index contributed by atoms with van der Waals surface area (Å²) in [4.78, 5) is 0. The van der Waals surface area contributed by atoms with Crippen LogP contribution in [0, 0.1) is 0 Å². The lowest BCUT2D eigenvalue weighted by Gasteiger charge is -2.00. The van der Waals surface area contributed by atoms with Gasteiger partial charge >= 0.3 is 0 Å². The second kappa shape index (κ2) is 11.9. The Morgan fingerprint density at radius 1 is 1.00 bits per heavy atom. The zero-order chi connectivity index (χ0) is 9.45. The van der Waals surface area contributed by atoms with Gasteiger partial charge in [-0.25, -0.2) is 8.42 Å². The van der Waals surface area contributed by atoms with Gasteiger partial charge in [-0.15, -0.1) is 24.8 Å². The molecular formula is C6H18Cl2N2O2S2. The van der Waals surface area contributed by atoms with Gasteiger partial charge in [0.2, 0.25) is 8.87 Å². The molecular weight excluding hydrogens is 267 g/mol. The number of halogens is 2. The van der Waals surface area contributed by atoms with Gasteiger partial charge in [-0.2, -0.15) is 0 Å². The zero-order valence-electron chi connectivity index (χ0n) is 7.85. The number of hydrogen-bond donors (Lipinski definition) is 2. The predicted molar refractivity (Wildman–Crippen MR) is 68.1 cm³/mol. The summed E-state index contributed by atoms with van der Waals surface area (Å²) >= 11 is 0. The third kappa shape index (κ3) is 12.8. The maximum absolute atomic E-state index is 11.1. The van der Waals surface area contributed by atoms with Gasteiger partial charge in [-0.3, -0.25) is 0 Å². The van der Waals surface area contributed by atoms with E-state index in [9.17, 15) is 8.42 Å². The van der Waals surface area contributed by atoms with Crippen molar-refractivity contribution >= 4 is 44.5 Å². The highest BCUT2D eigenvalue weighted by Crippen LogP contribution is 2.14. The lowest BCUT2D eigenvalue weighted by Crippen LogP contribution is -2.09. The van der Waals surface area contributed by atoms with E-state index in [1.807, 2.05) is 0 Å². The normalized spacial score (nSPS) is 10.1. The summed E-state index contributed by atoms with van der Waals surface area (Å²) in [5.74, 6) is 0.766. The van der Waals surface area contributed by atoms with E-state index >= 15 is 0 Å². The Hall–Kier alpha value is 0.800. The molecule has 0 amide bonds. The number of nitrogens with two attached hydrogens (primary N) is 2. The van der Waals surface area contributed by atoms with Gasteiger partial charge in [-0.1, -0.05) is 0 Å². The van der Waals surface area contributed by atoms with Crippen LogP contribution in [0.5, 0.6) is 0 Å². The van der Waals surface area contributed by atoms with Crippen LogP contribution in [0.2, 0.25) is 0 Å². The van der Waals surface area contributed by atoms with Crippen molar-refractivity contribution in [1.29, 1.82) is 0 Å². The third-order valence-electron chi connectivity index (χ3n) is 1.21. The Balaban J connectivity index is -0.000000605. The molecule has 0 saturated heterocycles. The molecule has 0 aromatic heterocycles. The fourth-order valence-electron chi connectivity index (χ4n) is 0.588. The standard InChI is InChI=1S/C6H16N2O2S2.2ClH/c7-3-1-5-11-12(9,10)6-2-4-8;;/h1-8H2;2*1H. The topological polar surface area (TPSA) is 86.2 Å². The Labute approximate surface area is 102 Å². The highest BCUT2D eigenvalue weighted by molar-refractivity contribution is 8.72. The van der Waals surface area contributed by atoms with Crippen LogP contribution in [-0.2, 0) is 8.87 Å². The first kappa shape index (κ1) is 20.2. The molecule has 0 aliphatic rings. The van der Waals surface area contributed by atoms with Crippen LogP contribution in [0.1, 0.15) is 12.8 Å². The van der Waals surface area contributed by atoms with Gasteiger partial charge in [0.25, 0.3) is 0 Å². The number of hydrogen-bond acceptors (Lipinski definition) is 5. The van der Waals surface area contributed by atoms with Gasteiger partial charge in [-0.05, 0) is 36.7 Å². The van der Waals surface area contributed by atoms with Crippen molar-refractivity contribution in [3.63, 3.8) is 0 Å². The quantitative estimate of drug-likeness (QED) is 0.528. The van der Waals surface area contributed by atoms with E-state index in [4.69, 9.17) is 11.5 Å². The SMILES string of the molecule is Cl.Cl.NCCCSS(=O)(=O)CCCN. The molecule has 4 N–H and O–H groups in total. The Morgan fingerprint density at radius 3 is 1.93 bits per heavy atom. The molecule has 8 heteroatoms. The molecule has 14 heavy (non-hydrogen) atoms. The van der Waals surface area contributed by atoms with Crippen LogP contribution in [0.25, 0.3) is 0 Å². The minimum Gasteiger partial charge on any atom is -0.330 e. The van der Waals surface area contributed by atoms with Crippen LogP contribution in [-0.4, -0.2) is 33.0 Å². The fourth-order valence-corrected chi connectivity index (χ4v) is 3.59. The summed E-state index contributed by atoms with van der Waals surface area (Å²) in [7, 11) is -1.95. The maximum atomic E-state index is 11.1. The number of rotatable bonds is 7. The highest BCUT2D eigenvalue weighted by atomic mass is 35.5. The van der Waals surface area contributed by atoms with Crippen LogP contribution in [0.3, 0.4) is 0 Å². The average Bonchev–Trinajstić information content (AvgIpc) is 2.01. The fraction of sp³-hybridized carbons (Fsp3) is 1.00. The van der Waals surface area contributed by atoms with Crippen molar-refractivity contribution in [2.24, 2.45) is 11.5 Å². The first-order valence-corrected chi connectivity index (χ1v) is 7.05. The molecule has 0 bridgehead atoms. The molecule has 0 heterocycles. The molecule has 0 unspecified atom stereocenters. The van der Waals surface area contributed by atoms with Crippen molar-refractivity contribution < 1.29 is 8.42 Å². The summed E-state index contributed by atoms with van der Waals surface area (Å²) in [5.41, 5.74) is 10.4. The molecule has 0 atom stereocenters. The largest absolute Gasteiger partial charge is 0.330 e. The molecule has 0 rings (SSSR count). The van der Waals surface area contributed by atoms with Crippen LogP contribution in [0.15, 0.2) is 0 Å². The predicted octanol–water partition coefficient (Wildman–Crippen LogP) is 0.591. The smallest absolute Gasteiger partial charge is 0.201 e. The molecule has 0 spiro atoms. The van der Waals surface area contributed by atoms with Gasteiger partial charge < -0.3 is 11.5 Å². The molecule has 0 aromatic carbocycles. The van der Waals surface area contributed by atoms with Crippen molar-refractivity contribution in [2.45, 2.75) is 12.8 Å².